The van der Waals surface area contributed by atoms with Crippen LogP contribution in [-0.2, 0) is 44.9 Å². The third-order valence-electron chi connectivity index (χ3n) is 9.51. The lowest BCUT2D eigenvalue weighted by molar-refractivity contribution is -0.142. The van der Waals surface area contributed by atoms with Crippen LogP contribution in [0.1, 0.15) is 39.0 Å². The van der Waals surface area contributed by atoms with Crippen molar-refractivity contribution in [3.05, 3.63) is 167 Å². The number of aliphatic carboxylic acids is 1. The Labute approximate surface area is 314 Å². The van der Waals surface area contributed by atoms with Gasteiger partial charge in [-0.1, -0.05) is 127 Å². The van der Waals surface area contributed by atoms with Crippen molar-refractivity contribution in [3.8, 4) is 11.1 Å². The molecule has 2 aliphatic heterocycles. The molecule has 0 aromatic heterocycles. The maximum atomic E-state index is 14.3. The highest BCUT2D eigenvalue weighted by Gasteiger charge is 2.32. The van der Waals surface area contributed by atoms with E-state index in [1.807, 2.05) is 115 Å². The molecule has 0 aliphatic carbocycles. The number of benzene rings is 5. The number of hydrogen-bond donors (Lipinski definition) is 5. The molecule has 5 aromatic carbocycles. The van der Waals surface area contributed by atoms with E-state index < -0.39 is 53.8 Å². The Hall–Kier alpha value is -6.55. The Morgan fingerprint density at radius 3 is 1.54 bits per heavy atom. The first-order chi connectivity index (χ1) is 26.2. The fourth-order valence-corrected chi connectivity index (χ4v) is 6.48. The van der Waals surface area contributed by atoms with E-state index in [9.17, 15) is 29.1 Å². The third kappa shape index (κ3) is 10.1. The van der Waals surface area contributed by atoms with E-state index in [0.717, 1.165) is 27.8 Å². The maximum absolute atomic E-state index is 14.3. The van der Waals surface area contributed by atoms with Gasteiger partial charge >= 0.3 is 5.97 Å². The normalized spacial score (nSPS) is 19.5. The second kappa shape index (κ2) is 17.8. The van der Waals surface area contributed by atoms with Crippen LogP contribution in [0.5, 0.6) is 0 Å². The van der Waals surface area contributed by atoms with Gasteiger partial charge in [0.2, 0.25) is 17.7 Å². The fourth-order valence-electron chi connectivity index (χ4n) is 6.48. The maximum Gasteiger partial charge on any atom is 0.326 e. The number of aryl methyl sites for hydroxylation is 1. The van der Waals surface area contributed by atoms with E-state index in [1.54, 1.807) is 24.3 Å². The van der Waals surface area contributed by atoms with Crippen LogP contribution < -0.4 is 21.3 Å². The van der Waals surface area contributed by atoms with E-state index in [0.29, 0.717) is 12.0 Å². The summed E-state index contributed by atoms with van der Waals surface area (Å²) in [5.74, 6) is -3.63. The minimum Gasteiger partial charge on any atom is -0.480 e. The van der Waals surface area contributed by atoms with Gasteiger partial charge < -0.3 is 26.4 Å². The zero-order valence-corrected chi connectivity index (χ0v) is 29.6. The summed E-state index contributed by atoms with van der Waals surface area (Å²) >= 11 is 0. The molecule has 10 nitrogen and oxygen atoms in total. The molecule has 10 heteroatoms. The molecule has 0 saturated carbocycles. The molecule has 7 rings (SSSR count). The average Bonchev–Trinajstić information content (AvgIpc) is 3.20. The van der Waals surface area contributed by atoms with E-state index in [2.05, 4.69) is 21.3 Å². The van der Waals surface area contributed by atoms with Gasteiger partial charge in [-0.15, -0.1) is 0 Å². The van der Waals surface area contributed by atoms with Crippen molar-refractivity contribution < 1.29 is 29.1 Å². The number of amides is 4. The van der Waals surface area contributed by atoms with Crippen molar-refractivity contribution in [2.24, 2.45) is 0 Å². The lowest BCUT2D eigenvalue weighted by atomic mass is 9.98. The highest BCUT2D eigenvalue weighted by molar-refractivity contribution is 5.99. The van der Waals surface area contributed by atoms with E-state index in [1.165, 1.54) is 0 Å². The molecule has 2 bridgehead atoms. The van der Waals surface area contributed by atoms with Crippen LogP contribution in [0.25, 0.3) is 11.1 Å². The van der Waals surface area contributed by atoms with Crippen molar-refractivity contribution in [2.75, 3.05) is 0 Å². The lowest BCUT2D eigenvalue weighted by Crippen LogP contribution is -2.58. The Balaban J connectivity index is 1.35. The Kier molecular flexibility index (Phi) is 12.3. The number of carbonyl (C=O) groups is 5. The molecular weight excluding hydrogens is 681 g/mol. The molecule has 5 N–H and O–H groups in total. The highest BCUT2D eigenvalue weighted by atomic mass is 16.4. The van der Waals surface area contributed by atoms with Crippen LogP contribution in [-0.4, -0.2) is 58.9 Å². The van der Waals surface area contributed by atoms with Gasteiger partial charge in [0, 0.05) is 24.8 Å². The van der Waals surface area contributed by atoms with Gasteiger partial charge in [-0.25, -0.2) is 4.79 Å². The Morgan fingerprint density at radius 2 is 0.963 bits per heavy atom. The number of nitrogens with one attached hydrogen (secondary N) is 4. The molecule has 274 valence electrons. The number of carboxylic acid groups (broad SMARTS) is 1. The van der Waals surface area contributed by atoms with Crippen LogP contribution in [0, 0.1) is 0 Å². The predicted molar refractivity (Wildman–Crippen MR) is 205 cm³/mol. The standard InChI is InChI=1S/C44H42N4O6/c49-40-35-23-18-32(19-24-35)28-39(44(53)54)48-43(52)37(26-30-12-6-2-7-13-30)47-42(51)38(27-31-16-21-34(22-17-31)33-14-8-3-9-15-33)46-41(50)36(45-40)25-20-29-10-4-1-5-11-29/h1-19,21-24,36-39H,20,25-28H2,(H,45,49)(H,46,50)(H,47,51)(H,48,52)(H,53,54)/t36-,37-,38+,39+/m1/s1. The van der Waals surface area contributed by atoms with Gasteiger partial charge in [0.25, 0.3) is 5.91 Å². The average molecular weight is 723 g/mol. The Bertz CT molecular complexity index is 2060. The van der Waals surface area contributed by atoms with E-state index in [4.69, 9.17) is 0 Å². The van der Waals surface area contributed by atoms with Crippen LogP contribution in [0.2, 0.25) is 0 Å². The molecule has 4 atom stereocenters. The molecule has 4 amide bonds. The van der Waals surface area contributed by atoms with Crippen molar-refractivity contribution in [1.82, 2.24) is 21.3 Å². The number of hydrogen-bond acceptors (Lipinski definition) is 5. The molecule has 5 aromatic rings. The van der Waals surface area contributed by atoms with Gasteiger partial charge in [0.15, 0.2) is 0 Å². The molecule has 0 spiro atoms. The second-order valence-corrected chi connectivity index (χ2v) is 13.4. The zero-order chi connectivity index (χ0) is 37.9. The van der Waals surface area contributed by atoms with E-state index in [-0.39, 0.29) is 31.2 Å². The van der Waals surface area contributed by atoms with Gasteiger partial charge in [0.1, 0.15) is 24.2 Å². The van der Waals surface area contributed by atoms with Crippen LogP contribution >= 0.6 is 0 Å². The first kappa shape index (κ1) is 37.2. The van der Waals surface area contributed by atoms with E-state index >= 15 is 0 Å². The first-order valence-corrected chi connectivity index (χ1v) is 18.0. The molecule has 0 fully saturated rings. The van der Waals surface area contributed by atoms with Crippen LogP contribution in [0.15, 0.2) is 140 Å². The highest BCUT2D eigenvalue weighted by Crippen LogP contribution is 2.20. The molecule has 2 aliphatic rings. The number of carboxylic acids is 1. The van der Waals surface area contributed by atoms with Crippen LogP contribution in [0.4, 0.5) is 0 Å². The summed E-state index contributed by atoms with van der Waals surface area (Å²) in [6.45, 7) is 0. The number of rotatable bonds is 9. The van der Waals surface area contributed by atoms with Crippen LogP contribution in [0.3, 0.4) is 0 Å². The van der Waals surface area contributed by atoms with Crippen molar-refractivity contribution in [2.45, 2.75) is 56.3 Å². The lowest BCUT2D eigenvalue weighted by Gasteiger charge is -2.26. The first-order valence-electron chi connectivity index (χ1n) is 18.0. The molecule has 0 unspecified atom stereocenters. The summed E-state index contributed by atoms with van der Waals surface area (Å²) in [5.41, 5.74) is 5.31. The van der Waals surface area contributed by atoms with Crippen molar-refractivity contribution in [3.63, 3.8) is 0 Å². The number of fused-ring (bicyclic) bond motifs is 14. The van der Waals surface area contributed by atoms with Gasteiger partial charge in [-0.05, 0) is 58.4 Å². The topological polar surface area (TPSA) is 154 Å². The SMILES string of the molecule is O=C1N[C@H](CCc2ccccc2)C(=O)N[C@@H](Cc2ccc(-c3ccccc3)cc2)C(=O)N[C@H](Cc2ccccc2)C(=O)N[C@H](C(=O)O)Cc2ccc1cc2. The van der Waals surface area contributed by atoms with Crippen molar-refractivity contribution in [1.29, 1.82) is 0 Å². The van der Waals surface area contributed by atoms with Gasteiger partial charge in [-0.2, -0.15) is 0 Å². The largest absolute Gasteiger partial charge is 0.480 e. The number of carbonyl (C=O) groups excluding carboxylic acids is 4. The second-order valence-electron chi connectivity index (χ2n) is 13.4. The smallest absolute Gasteiger partial charge is 0.326 e. The minimum absolute atomic E-state index is 0.0592. The Morgan fingerprint density at radius 1 is 0.500 bits per heavy atom. The molecule has 0 radical (unpaired) electrons. The fraction of sp³-hybridized carbons (Fsp3) is 0.205. The minimum atomic E-state index is -1.32. The molecular formula is C44H42N4O6. The quantitative estimate of drug-likeness (QED) is 0.140. The summed E-state index contributed by atoms with van der Waals surface area (Å²) in [5, 5.41) is 21.3. The predicted octanol–water partition coefficient (Wildman–Crippen LogP) is 4.67. The van der Waals surface area contributed by atoms with Gasteiger partial charge in [-0.3, -0.25) is 19.2 Å². The summed E-state index contributed by atoms with van der Waals surface area (Å²) in [4.78, 5) is 68.2. The summed E-state index contributed by atoms with van der Waals surface area (Å²) in [6.07, 6.45) is 0.813. The van der Waals surface area contributed by atoms with Gasteiger partial charge in [0.05, 0.1) is 0 Å². The molecule has 0 saturated heterocycles. The monoisotopic (exact) mass is 722 g/mol. The molecule has 54 heavy (non-hydrogen) atoms. The summed E-state index contributed by atoms with van der Waals surface area (Å²) < 4.78 is 0. The van der Waals surface area contributed by atoms with Crippen molar-refractivity contribution >= 4 is 29.6 Å². The zero-order valence-electron chi connectivity index (χ0n) is 29.6. The summed E-state index contributed by atoms with van der Waals surface area (Å²) in [7, 11) is 0. The third-order valence-corrected chi connectivity index (χ3v) is 9.51. The summed E-state index contributed by atoms with van der Waals surface area (Å²) in [6, 6.07) is 37.8. The molecule has 2 heterocycles.